The highest BCUT2D eigenvalue weighted by atomic mass is 16.5. The number of aromatic nitrogens is 3. The summed E-state index contributed by atoms with van der Waals surface area (Å²) in [6, 6.07) is 18.6. The number of fused-ring (bicyclic) bond motifs is 1. The van der Waals surface area contributed by atoms with Crippen LogP contribution in [0.5, 0.6) is 5.75 Å². The molecule has 0 unspecified atom stereocenters. The topological polar surface area (TPSA) is 81.1 Å². The van der Waals surface area contributed by atoms with Gasteiger partial charge in [-0.2, -0.15) is 10.4 Å². The number of nitrogens with zero attached hydrogens (tertiary/aromatic N) is 5. The van der Waals surface area contributed by atoms with Crippen molar-refractivity contribution in [3.8, 4) is 34.2 Å². The summed E-state index contributed by atoms with van der Waals surface area (Å²) in [7, 11) is 1.64. The molecule has 184 valence electrons. The van der Waals surface area contributed by atoms with E-state index >= 15 is 0 Å². The summed E-state index contributed by atoms with van der Waals surface area (Å²) >= 11 is 0. The molecule has 1 fully saturated rings. The fourth-order valence-corrected chi connectivity index (χ4v) is 5.03. The molecule has 1 saturated heterocycles. The fraction of sp³-hybridized carbons (Fsp3) is 0.345. The standard InChI is InChI=1S/C29H32N6O/c1-19-25-26(20-6-10-22(11-7-20)34-14-16-35(17-15-34)29(2,3)4)24(18-30)27(31-28(25)33-32-19)21-8-12-23(36-5)13-9-21/h6-13H,14-17H2,1-5H3,(H,31,32,33). The molecule has 0 amide bonds. The van der Waals surface area contributed by atoms with Gasteiger partial charge in [0.05, 0.1) is 23.8 Å². The molecular weight excluding hydrogens is 448 g/mol. The lowest BCUT2D eigenvalue weighted by Gasteiger charge is -2.43. The number of benzene rings is 2. The van der Waals surface area contributed by atoms with Gasteiger partial charge in [0.25, 0.3) is 0 Å². The Hall–Kier alpha value is -3.89. The van der Waals surface area contributed by atoms with E-state index in [-0.39, 0.29) is 5.54 Å². The zero-order valence-corrected chi connectivity index (χ0v) is 21.6. The zero-order chi connectivity index (χ0) is 25.4. The maximum absolute atomic E-state index is 10.3. The molecule has 2 aromatic heterocycles. The highest BCUT2D eigenvalue weighted by Crippen LogP contribution is 2.38. The highest BCUT2D eigenvalue weighted by molar-refractivity contribution is 6.00. The molecular formula is C29H32N6O. The molecule has 0 spiro atoms. The maximum atomic E-state index is 10.3. The van der Waals surface area contributed by atoms with Crippen LogP contribution in [0.15, 0.2) is 48.5 Å². The van der Waals surface area contributed by atoms with Crippen LogP contribution >= 0.6 is 0 Å². The number of pyridine rings is 1. The van der Waals surface area contributed by atoms with Gasteiger partial charge in [-0.05, 0) is 69.7 Å². The minimum absolute atomic E-state index is 0.195. The van der Waals surface area contributed by atoms with E-state index in [9.17, 15) is 5.26 Å². The first kappa shape index (κ1) is 23.8. The number of hydrogen-bond donors (Lipinski definition) is 1. The van der Waals surface area contributed by atoms with Gasteiger partial charge >= 0.3 is 0 Å². The minimum atomic E-state index is 0.195. The van der Waals surface area contributed by atoms with Crippen LogP contribution in [0.1, 0.15) is 32.0 Å². The fourth-order valence-electron chi connectivity index (χ4n) is 5.03. The van der Waals surface area contributed by atoms with E-state index in [1.54, 1.807) is 7.11 Å². The third-order valence-electron chi connectivity index (χ3n) is 7.11. The van der Waals surface area contributed by atoms with Crippen LogP contribution in [-0.2, 0) is 0 Å². The Morgan fingerprint density at radius 1 is 0.944 bits per heavy atom. The molecule has 5 rings (SSSR count). The van der Waals surface area contributed by atoms with Gasteiger partial charge in [-0.25, -0.2) is 4.98 Å². The van der Waals surface area contributed by atoms with E-state index in [0.717, 1.165) is 59.7 Å². The van der Waals surface area contributed by atoms with E-state index in [1.807, 2.05) is 31.2 Å². The van der Waals surface area contributed by atoms with Crippen molar-refractivity contribution in [3.05, 3.63) is 59.8 Å². The van der Waals surface area contributed by atoms with Gasteiger partial charge in [-0.3, -0.25) is 10.00 Å². The Morgan fingerprint density at radius 2 is 1.58 bits per heavy atom. The second-order valence-corrected chi connectivity index (χ2v) is 10.3. The molecule has 4 aromatic rings. The van der Waals surface area contributed by atoms with E-state index in [1.165, 1.54) is 5.69 Å². The number of H-pyrrole nitrogens is 1. The molecule has 36 heavy (non-hydrogen) atoms. The largest absolute Gasteiger partial charge is 0.497 e. The van der Waals surface area contributed by atoms with Crippen LogP contribution in [-0.4, -0.2) is 58.9 Å². The molecule has 3 heterocycles. The molecule has 7 heteroatoms. The number of rotatable bonds is 4. The number of nitriles is 1. The van der Waals surface area contributed by atoms with E-state index in [4.69, 9.17) is 9.72 Å². The smallest absolute Gasteiger partial charge is 0.182 e. The third-order valence-corrected chi connectivity index (χ3v) is 7.11. The van der Waals surface area contributed by atoms with Gasteiger partial charge in [-0.1, -0.05) is 12.1 Å². The zero-order valence-electron chi connectivity index (χ0n) is 21.6. The van der Waals surface area contributed by atoms with Crippen molar-refractivity contribution in [1.29, 1.82) is 5.26 Å². The Kier molecular flexibility index (Phi) is 6.15. The summed E-state index contributed by atoms with van der Waals surface area (Å²) in [5, 5.41) is 18.7. The van der Waals surface area contributed by atoms with Crippen molar-refractivity contribution in [2.75, 3.05) is 38.2 Å². The van der Waals surface area contributed by atoms with Gasteiger partial charge in [0.15, 0.2) is 5.65 Å². The Balaban J connectivity index is 1.54. The predicted molar refractivity (Wildman–Crippen MR) is 144 cm³/mol. The Morgan fingerprint density at radius 3 is 2.17 bits per heavy atom. The lowest BCUT2D eigenvalue weighted by Crippen LogP contribution is -2.53. The predicted octanol–water partition coefficient (Wildman–Crippen LogP) is 5.40. The average Bonchev–Trinajstić information content (AvgIpc) is 3.27. The second kappa shape index (κ2) is 9.29. The molecule has 0 radical (unpaired) electrons. The van der Waals surface area contributed by atoms with E-state index < -0.39 is 0 Å². The number of methoxy groups -OCH3 is 1. The van der Waals surface area contributed by atoms with E-state index in [0.29, 0.717) is 16.9 Å². The van der Waals surface area contributed by atoms with Gasteiger partial charge in [-0.15, -0.1) is 0 Å². The average molecular weight is 481 g/mol. The van der Waals surface area contributed by atoms with Gasteiger partial charge in [0.1, 0.15) is 11.8 Å². The number of nitrogens with one attached hydrogen (secondary N) is 1. The monoisotopic (exact) mass is 480 g/mol. The van der Waals surface area contributed by atoms with Crippen LogP contribution < -0.4 is 9.64 Å². The van der Waals surface area contributed by atoms with Gasteiger partial charge in [0.2, 0.25) is 0 Å². The normalized spacial score (nSPS) is 14.7. The van der Waals surface area contributed by atoms with Crippen LogP contribution in [0.3, 0.4) is 0 Å². The number of anilines is 1. The Labute approximate surface area is 212 Å². The summed E-state index contributed by atoms with van der Waals surface area (Å²) in [5.74, 6) is 0.757. The number of aryl methyl sites for hydroxylation is 1. The lowest BCUT2D eigenvalue weighted by molar-refractivity contribution is 0.128. The SMILES string of the molecule is COc1ccc(-c2nc3n[nH]c(C)c3c(-c3ccc(N4CCN(C(C)(C)C)CC4)cc3)c2C#N)cc1. The first-order valence-corrected chi connectivity index (χ1v) is 12.3. The van der Waals surface area contributed by atoms with Crippen molar-refractivity contribution < 1.29 is 4.74 Å². The van der Waals surface area contributed by atoms with Gasteiger partial charge in [0, 0.05) is 54.2 Å². The van der Waals surface area contributed by atoms with Crippen molar-refractivity contribution in [2.24, 2.45) is 0 Å². The molecule has 0 bridgehead atoms. The molecule has 0 aliphatic carbocycles. The number of piperazine rings is 1. The maximum Gasteiger partial charge on any atom is 0.182 e. The second-order valence-electron chi connectivity index (χ2n) is 10.3. The van der Waals surface area contributed by atoms with Crippen LogP contribution in [0, 0.1) is 18.3 Å². The molecule has 7 nitrogen and oxygen atoms in total. The summed E-state index contributed by atoms with van der Waals surface area (Å²) in [6.07, 6.45) is 0. The van der Waals surface area contributed by atoms with Crippen molar-refractivity contribution >= 4 is 16.7 Å². The number of ether oxygens (including phenoxy) is 1. The van der Waals surface area contributed by atoms with Gasteiger partial charge < -0.3 is 9.64 Å². The quantitative estimate of drug-likeness (QED) is 0.421. The van der Waals surface area contributed by atoms with Crippen molar-refractivity contribution in [1.82, 2.24) is 20.1 Å². The third kappa shape index (κ3) is 4.29. The van der Waals surface area contributed by atoms with Crippen LogP contribution in [0.4, 0.5) is 5.69 Å². The van der Waals surface area contributed by atoms with E-state index in [2.05, 4.69) is 71.1 Å². The van der Waals surface area contributed by atoms with Crippen LogP contribution in [0.2, 0.25) is 0 Å². The number of hydrogen-bond acceptors (Lipinski definition) is 6. The first-order valence-electron chi connectivity index (χ1n) is 12.3. The van der Waals surface area contributed by atoms with Crippen molar-refractivity contribution in [2.45, 2.75) is 33.2 Å². The minimum Gasteiger partial charge on any atom is -0.497 e. The van der Waals surface area contributed by atoms with Crippen LogP contribution in [0.25, 0.3) is 33.4 Å². The molecule has 1 aliphatic rings. The summed E-state index contributed by atoms with van der Waals surface area (Å²) in [5.41, 5.74) is 6.77. The van der Waals surface area contributed by atoms with Crippen molar-refractivity contribution in [3.63, 3.8) is 0 Å². The first-order chi connectivity index (χ1) is 17.3. The Bertz CT molecular complexity index is 1420. The molecule has 2 aromatic carbocycles. The summed E-state index contributed by atoms with van der Waals surface area (Å²) in [6.45, 7) is 12.9. The summed E-state index contributed by atoms with van der Waals surface area (Å²) < 4.78 is 5.30. The highest BCUT2D eigenvalue weighted by Gasteiger charge is 2.26. The summed E-state index contributed by atoms with van der Waals surface area (Å²) in [4.78, 5) is 9.75. The molecule has 0 atom stereocenters. The molecule has 0 saturated carbocycles. The number of aromatic amines is 1. The molecule has 1 aliphatic heterocycles. The molecule has 1 N–H and O–H groups in total. The lowest BCUT2D eigenvalue weighted by atomic mass is 9.93.